The van der Waals surface area contributed by atoms with Crippen LogP contribution in [-0.2, 0) is 9.53 Å². The quantitative estimate of drug-likeness (QED) is 0.884. The van der Waals surface area contributed by atoms with Crippen LogP contribution in [0.15, 0.2) is 24.3 Å². The first-order chi connectivity index (χ1) is 9.65. The van der Waals surface area contributed by atoms with Crippen molar-refractivity contribution < 1.29 is 19.4 Å². The second kappa shape index (κ2) is 6.72. The minimum Gasteiger partial charge on any atom is -0.497 e. The molecule has 5 nitrogen and oxygen atoms in total. The highest BCUT2D eigenvalue weighted by atomic mass is 16.5. The van der Waals surface area contributed by atoms with Gasteiger partial charge < -0.3 is 19.5 Å². The van der Waals surface area contributed by atoms with Crippen LogP contribution < -0.4 is 4.74 Å². The van der Waals surface area contributed by atoms with Gasteiger partial charge in [0.2, 0.25) is 5.91 Å². The minimum absolute atomic E-state index is 0.0104. The maximum absolute atomic E-state index is 12.2. The zero-order chi connectivity index (χ0) is 14.5. The Balaban J connectivity index is 2.16. The summed E-state index contributed by atoms with van der Waals surface area (Å²) in [7, 11) is 3.19. The molecule has 2 atom stereocenters. The number of amides is 1. The maximum atomic E-state index is 12.2. The van der Waals surface area contributed by atoms with Gasteiger partial charge >= 0.3 is 0 Å². The molecule has 1 aromatic rings. The predicted molar refractivity (Wildman–Crippen MR) is 74.6 cm³/mol. The summed E-state index contributed by atoms with van der Waals surface area (Å²) in [6.07, 6.45) is 0.424. The van der Waals surface area contributed by atoms with Gasteiger partial charge in [-0.15, -0.1) is 0 Å². The molecule has 0 radical (unpaired) electrons. The van der Waals surface area contributed by atoms with Crippen LogP contribution in [0.1, 0.15) is 24.4 Å². The zero-order valence-electron chi connectivity index (χ0n) is 11.9. The second-order valence-electron chi connectivity index (χ2n) is 4.97. The van der Waals surface area contributed by atoms with Crippen LogP contribution in [0.3, 0.4) is 0 Å². The van der Waals surface area contributed by atoms with E-state index in [4.69, 9.17) is 9.47 Å². The van der Waals surface area contributed by atoms with Crippen molar-refractivity contribution in [3.8, 4) is 5.75 Å². The number of methoxy groups -OCH3 is 2. The number of rotatable bonds is 5. The summed E-state index contributed by atoms with van der Waals surface area (Å²) in [6, 6.07) is 7.55. The van der Waals surface area contributed by atoms with Crippen molar-refractivity contribution in [2.24, 2.45) is 0 Å². The van der Waals surface area contributed by atoms with Crippen LogP contribution in [0.25, 0.3) is 0 Å². The van der Waals surface area contributed by atoms with Gasteiger partial charge in [0.15, 0.2) is 0 Å². The molecule has 20 heavy (non-hydrogen) atoms. The Kier molecular flexibility index (Phi) is 4.98. The number of ether oxygens (including phenoxy) is 2. The molecule has 1 aliphatic rings. The van der Waals surface area contributed by atoms with E-state index in [0.29, 0.717) is 26.0 Å². The fourth-order valence-corrected chi connectivity index (χ4v) is 2.59. The van der Waals surface area contributed by atoms with E-state index in [1.165, 1.54) is 0 Å². The highest BCUT2D eigenvalue weighted by Crippen LogP contribution is 2.34. The third-order valence-electron chi connectivity index (χ3n) is 3.60. The highest BCUT2D eigenvalue weighted by Gasteiger charge is 2.34. The molecule has 1 fully saturated rings. The Morgan fingerprint density at radius 1 is 1.45 bits per heavy atom. The predicted octanol–water partition coefficient (Wildman–Crippen LogP) is 1.37. The van der Waals surface area contributed by atoms with Crippen molar-refractivity contribution in [2.75, 3.05) is 27.4 Å². The van der Waals surface area contributed by atoms with Gasteiger partial charge in [0, 0.05) is 13.7 Å². The normalized spacial score (nSPS) is 22.1. The van der Waals surface area contributed by atoms with Gasteiger partial charge in [-0.3, -0.25) is 4.79 Å². The third-order valence-corrected chi connectivity index (χ3v) is 3.60. The number of carbonyl (C=O) groups excluding carboxylic acids is 1. The average molecular weight is 279 g/mol. The monoisotopic (exact) mass is 279 g/mol. The molecule has 1 N–H and O–H groups in total. The summed E-state index contributed by atoms with van der Waals surface area (Å²) in [4.78, 5) is 13.9. The Bertz CT molecular complexity index is 463. The van der Waals surface area contributed by atoms with E-state index in [0.717, 1.165) is 11.3 Å². The van der Waals surface area contributed by atoms with E-state index in [1.807, 2.05) is 24.3 Å². The summed E-state index contributed by atoms with van der Waals surface area (Å²) < 4.78 is 10.2. The van der Waals surface area contributed by atoms with Crippen molar-refractivity contribution in [3.05, 3.63) is 29.8 Å². The van der Waals surface area contributed by atoms with Crippen LogP contribution in [0.4, 0.5) is 0 Å². The van der Waals surface area contributed by atoms with Crippen LogP contribution in [0.5, 0.6) is 5.75 Å². The maximum Gasteiger partial charge on any atom is 0.225 e. The minimum atomic E-state index is -0.474. The molecule has 0 aromatic heterocycles. The van der Waals surface area contributed by atoms with Gasteiger partial charge in [-0.05, 0) is 24.1 Å². The molecule has 0 aliphatic carbocycles. The van der Waals surface area contributed by atoms with E-state index in [-0.39, 0.29) is 11.9 Å². The summed E-state index contributed by atoms with van der Waals surface area (Å²) in [5, 5.41) is 9.88. The lowest BCUT2D eigenvalue weighted by atomic mass is 10.0. The van der Waals surface area contributed by atoms with Crippen molar-refractivity contribution in [2.45, 2.75) is 25.0 Å². The van der Waals surface area contributed by atoms with Gasteiger partial charge in [0.1, 0.15) is 5.75 Å². The number of benzene rings is 1. The number of β-amino-alcohol motifs (C(OH)–C–C–N with tert-alkyl or cyclic N) is 1. The summed E-state index contributed by atoms with van der Waals surface area (Å²) in [6.45, 7) is 0.778. The first-order valence-electron chi connectivity index (χ1n) is 6.76. The standard InChI is InChI=1S/C15H21NO4/c1-19-7-6-15(18)16-10-12(17)9-14(16)11-4-3-5-13(8-11)20-2/h3-5,8,12,14,17H,6-7,9-10H2,1-2H3/t12-,14-/m0/s1. The lowest BCUT2D eigenvalue weighted by Gasteiger charge is -2.25. The Morgan fingerprint density at radius 3 is 2.95 bits per heavy atom. The zero-order valence-corrected chi connectivity index (χ0v) is 11.9. The largest absolute Gasteiger partial charge is 0.497 e. The van der Waals surface area contributed by atoms with Gasteiger partial charge in [-0.2, -0.15) is 0 Å². The van der Waals surface area contributed by atoms with E-state index in [1.54, 1.807) is 19.1 Å². The van der Waals surface area contributed by atoms with Gasteiger partial charge in [-0.1, -0.05) is 12.1 Å². The first kappa shape index (κ1) is 14.8. The number of aliphatic hydroxyl groups is 1. The lowest BCUT2D eigenvalue weighted by Crippen LogP contribution is -2.32. The summed E-state index contributed by atoms with van der Waals surface area (Å²) in [5.74, 6) is 0.768. The molecule has 1 heterocycles. The molecule has 1 aliphatic heterocycles. The van der Waals surface area contributed by atoms with Crippen LogP contribution in [0.2, 0.25) is 0 Å². The lowest BCUT2D eigenvalue weighted by molar-refractivity contribution is -0.133. The number of aliphatic hydroxyl groups excluding tert-OH is 1. The van der Waals surface area contributed by atoms with Crippen molar-refractivity contribution in [1.29, 1.82) is 0 Å². The Morgan fingerprint density at radius 2 is 2.25 bits per heavy atom. The molecule has 1 saturated heterocycles. The van der Waals surface area contributed by atoms with Crippen molar-refractivity contribution >= 4 is 5.91 Å². The fraction of sp³-hybridized carbons (Fsp3) is 0.533. The Labute approximate surface area is 119 Å². The van der Waals surface area contributed by atoms with Gasteiger partial charge in [-0.25, -0.2) is 0 Å². The number of nitrogens with zero attached hydrogens (tertiary/aromatic N) is 1. The van der Waals surface area contributed by atoms with Crippen LogP contribution >= 0.6 is 0 Å². The topological polar surface area (TPSA) is 59.0 Å². The number of hydrogen-bond donors (Lipinski definition) is 1. The van der Waals surface area contributed by atoms with Gasteiger partial charge in [0.25, 0.3) is 0 Å². The fourth-order valence-electron chi connectivity index (χ4n) is 2.59. The average Bonchev–Trinajstić information content (AvgIpc) is 2.87. The number of carbonyl (C=O) groups is 1. The molecule has 0 spiro atoms. The molecule has 0 saturated carbocycles. The molecule has 110 valence electrons. The summed E-state index contributed by atoms with van der Waals surface area (Å²) in [5.41, 5.74) is 0.992. The molecular formula is C15H21NO4. The smallest absolute Gasteiger partial charge is 0.225 e. The molecular weight excluding hydrogens is 258 g/mol. The second-order valence-corrected chi connectivity index (χ2v) is 4.97. The molecule has 1 aromatic carbocycles. The summed E-state index contributed by atoms with van der Waals surface area (Å²) >= 11 is 0. The van der Waals surface area contributed by atoms with E-state index >= 15 is 0 Å². The molecule has 1 amide bonds. The molecule has 2 rings (SSSR count). The Hall–Kier alpha value is -1.59. The first-order valence-corrected chi connectivity index (χ1v) is 6.76. The highest BCUT2D eigenvalue weighted by molar-refractivity contribution is 5.77. The molecule has 0 unspecified atom stereocenters. The third kappa shape index (κ3) is 3.29. The van der Waals surface area contributed by atoms with E-state index < -0.39 is 6.10 Å². The van der Waals surface area contributed by atoms with Crippen LogP contribution in [-0.4, -0.2) is 49.4 Å². The molecule has 0 bridgehead atoms. The van der Waals surface area contributed by atoms with E-state index in [2.05, 4.69) is 0 Å². The number of likely N-dealkylation sites (tertiary alicyclic amines) is 1. The molecule has 5 heteroatoms. The van der Waals surface area contributed by atoms with Crippen molar-refractivity contribution in [1.82, 2.24) is 4.90 Å². The van der Waals surface area contributed by atoms with Crippen molar-refractivity contribution in [3.63, 3.8) is 0 Å². The van der Waals surface area contributed by atoms with Crippen LogP contribution in [0, 0.1) is 0 Å². The van der Waals surface area contributed by atoms with Gasteiger partial charge in [0.05, 0.1) is 32.3 Å². The number of hydrogen-bond acceptors (Lipinski definition) is 4. The SMILES string of the molecule is COCCC(=O)N1C[C@@H](O)C[C@H]1c1cccc(OC)c1. The van der Waals surface area contributed by atoms with E-state index in [9.17, 15) is 9.90 Å².